The van der Waals surface area contributed by atoms with Gasteiger partial charge in [0.05, 0.1) is 6.07 Å². The Labute approximate surface area is 108 Å². The Morgan fingerprint density at radius 2 is 2.17 bits per heavy atom. The highest BCUT2D eigenvalue weighted by Crippen LogP contribution is 2.41. The minimum absolute atomic E-state index is 0.143. The summed E-state index contributed by atoms with van der Waals surface area (Å²) in [7, 11) is 0. The molecule has 1 amide bonds. The van der Waals surface area contributed by atoms with Crippen molar-refractivity contribution in [2.75, 3.05) is 0 Å². The first-order chi connectivity index (χ1) is 8.60. The molecule has 1 saturated carbocycles. The largest absolute Gasteiger partial charge is 0.351 e. The molecule has 0 aromatic heterocycles. The second-order valence-corrected chi connectivity index (χ2v) is 5.13. The van der Waals surface area contributed by atoms with E-state index >= 15 is 0 Å². The normalized spacial score (nSPS) is 24.7. The fourth-order valence-electron chi connectivity index (χ4n) is 2.04. The molecule has 0 saturated heterocycles. The van der Waals surface area contributed by atoms with E-state index in [-0.39, 0.29) is 11.9 Å². The van der Waals surface area contributed by atoms with Crippen molar-refractivity contribution in [1.29, 1.82) is 5.26 Å². The van der Waals surface area contributed by atoms with Crippen LogP contribution in [0.1, 0.15) is 38.2 Å². The van der Waals surface area contributed by atoms with Crippen LogP contribution in [0, 0.1) is 16.7 Å². The molecule has 1 aromatic carbocycles. The zero-order valence-electron chi connectivity index (χ0n) is 10.8. The van der Waals surface area contributed by atoms with E-state index in [1.54, 1.807) is 6.92 Å². The predicted molar refractivity (Wildman–Crippen MR) is 69.7 cm³/mol. The highest BCUT2D eigenvalue weighted by atomic mass is 16.2. The zero-order chi connectivity index (χ0) is 13.2. The van der Waals surface area contributed by atoms with E-state index < -0.39 is 5.41 Å². The number of benzene rings is 1. The summed E-state index contributed by atoms with van der Waals surface area (Å²) in [5.74, 6) is 0.269. The van der Waals surface area contributed by atoms with Gasteiger partial charge in [-0.2, -0.15) is 5.26 Å². The summed E-state index contributed by atoms with van der Waals surface area (Å²) in [5, 5.41) is 12.0. The second kappa shape index (κ2) is 4.81. The lowest BCUT2D eigenvalue weighted by atomic mass is 9.88. The fourth-order valence-corrected chi connectivity index (χ4v) is 2.04. The van der Waals surface area contributed by atoms with E-state index in [2.05, 4.69) is 23.5 Å². The van der Waals surface area contributed by atoms with Crippen LogP contribution in [0.3, 0.4) is 0 Å². The highest BCUT2D eigenvalue weighted by molar-refractivity contribution is 5.85. The predicted octanol–water partition coefficient (Wildman–Crippen LogP) is 2.60. The first-order valence-electron chi connectivity index (χ1n) is 6.38. The summed E-state index contributed by atoms with van der Waals surface area (Å²) in [4.78, 5) is 12.0. The molecular formula is C15H18N2O. The molecule has 18 heavy (non-hydrogen) atoms. The van der Waals surface area contributed by atoms with Gasteiger partial charge in [0.25, 0.3) is 0 Å². The Kier molecular flexibility index (Phi) is 3.38. The van der Waals surface area contributed by atoms with Crippen molar-refractivity contribution < 1.29 is 4.79 Å². The smallest absolute Gasteiger partial charge is 0.240 e. The van der Waals surface area contributed by atoms with Gasteiger partial charge in [-0.15, -0.1) is 0 Å². The van der Waals surface area contributed by atoms with Gasteiger partial charge in [-0.25, -0.2) is 0 Å². The Morgan fingerprint density at radius 1 is 1.50 bits per heavy atom. The molecule has 0 heterocycles. The monoisotopic (exact) mass is 242 g/mol. The molecule has 3 atom stereocenters. The Hall–Kier alpha value is -1.82. The molecule has 1 fully saturated rings. The van der Waals surface area contributed by atoms with Crippen molar-refractivity contribution in [3.8, 4) is 6.07 Å². The molecule has 0 aliphatic heterocycles. The third-order valence-electron chi connectivity index (χ3n) is 3.79. The maximum atomic E-state index is 12.0. The lowest BCUT2D eigenvalue weighted by molar-refractivity contribution is -0.127. The fraction of sp³-hybridized carbons (Fsp3) is 0.467. The van der Waals surface area contributed by atoms with Crippen LogP contribution in [0.4, 0.5) is 0 Å². The number of nitrogens with one attached hydrogen (secondary N) is 1. The van der Waals surface area contributed by atoms with Gasteiger partial charge in [-0.05, 0) is 25.3 Å². The van der Waals surface area contributed by atoms with E-state index in [9.17, 15) is 4.79 Å². The first kappa shape index (κ1) is 12.6. The van der Waals surface area contributed by atoms with Crippen LogP contribution in [0.15, 0.2) is 30.3 Å². The summed E-state index contributed by atoms with van der Waals surface area (Å²) in [6.07, 6.45) is 1.51. The van der Waals surface area contributed by atoms with E-state index in [0.29, 0.717) is 12.3 Å². The Balaban J connectivity index is 1.95. The van der Waals surface area contributed by atoms with Crippen LogP contribution in [0.25, 0.3) is 0 Å². The van der Waals surface area contributed by atoms with Crippen LogP contribution in [0.5, 0.6) is 0 Å². The molecule has 1 aliphatic carbocycles. The summed E-state index contributed by atoms with van der Waals surface area (Å²) in [5.41, 5.74) is 0.363. The van der Waals surface area contributed by atoms with E-state index in [0.717, 1.165) is 6.42 Å². The maximum Gasteiger partial charge on any atom is 0.240 e. The molecule has 3 unspecified atom stereocenters. The minimum Gasteiger partial charge on any atom is -0.351 e. The van der Waals surface area contributed by atoms with Crippen LogP contribution in [-0.4, -0.2) is 11.9 Å². The van der Waals surface area contributed by atoms with Crippen molar-refractivity contribution in [3.63, 3.8) is 0 Å². The van der Waals surface area contributed by atoms with Crippen molar-refractivity contribution in [1.82, 2.24) is 5.32 Å². The summed E-state index contributed by atoms with van der Waals surface area (Å²) in [6.45, 7) is 3.56. The molecular weight excluding hydrogens is 224 g/mol. The molecule has 0 bridgehead atoms. The molecule has 3 heteroatoms. The van der Waals surface area contributed by atoms with Crippen molar-refractivity contribution >= 4 is 5.91 Å². The number of carbonyl (C=O) groups is 1. The quantitative estimate of drug-likeness (QED) is 0.882. The van der Waals surface area contributed by atoms with Crippen molar-refractivity contribution in [3.05, 3.63) is 35.9 Å². The number of carbonyl (C=O) groups excluding carboxylic acids is 1. The van der Waals surface area contributed by atoms with Gasteiger partial charge in [0.2, 0.25) is 5.91 Å². The number of nitrogens with zero attached hydrogens (tertiary/aromatic N) is 1. The lowest BCUT2D eigenvalue weighted by Gasteiger charge is -2.18. The molecule has 0 radical (unpaired) electrons. The summed E-state index contributed by atoms with van der Waals surface area (Å²) < 4.78 is 0. The van der Waals surface area contributed by atoms with Gasteiger partial charge < -0.3 is 5.32 Å². The molecule has 0 spiro atoms. The Bertz CT molecular complexity index is 477. The third kappa shape index (κ3) is 2.38. The molecule has 94 valence electrons. The number of nitriles is 1. The van der Waals surface area contributed by atoms with Gasteiger partial charge in [0.1, 0.15) is 5.41 Å². The van der Waals surface area contributed by atoms with Gasteiger partial charge in [-0.3, -0.25) is 4.79 Å². The van der Waals surface area contributed by atoms with E-state index in [4.69, 9.17) is 5.26 Å². The number of rotatable bonds is 4. The standard InChI is InChI=1S/C15H18N2O/c1-3-15(2,10-16)14(18)17-13-9-12(13)11-7-5-4-6-8-11/h4-8,12-13H,3,9H2,1-2H3,(H,17,18). The number of amides is 1. The third-order valence-corrected chi connectivity index (χ3v) is 3.79. The summed E-state index contributed by atoms with van der Waals surface area (Å²) >= 11 is 0. The second-order valence-electron chi connectivity index (χ2n) is 5.13. The Morgan fingerprint density at radius 3 is 2.72 bits per heavy atom. The first-order valence-corrected chi connectivity index (χ1v) is 6.38. The van der Waals surface area contributed by atoms with Crippen LogP contribution in [0.2, 0.25) is 0 Å². The topological polar surface area (TPSA) is 52.9 Å². The van der Waals surface area contributed by atoms with Crippen LogP contribution >= 0.6 is 0 Å². The molecule has 2 rings (SSSR count). The van der Waals surface area contributed by atoms with Gasteiger partial charge in [0, 0.05) is 12.0 Å². The molecule has 3 nitrogen and oxygen atoms in total. The van der Waals surface area contributed by atoms with Crippen LogP contribution in [-0.2, 0) is 4.79 Å². The van der Waals surface area contributed by atoms with E-state index in [1.807, 2.05) is 25.1 Å². The van der Waals surface area contributed by atoms with Gasteiger partial charge in [0.15, 0.2) is 0 Å². The van der Waals surface area contributed by atoms with Gasteiger partial charge >= 0.3 is 0 Å². The number of hydrogen-bond acceptors (Lipinski definition) is 2. The molecule has 1 N–H and O–H groups in total. The molecule has 1 aliphatic rings. The average Bonchev–Trinajstić information content (AvgIpc) is 3.18. The SMILES string of the molecule is CCC(C)(C#N)C(=O)NC1CC1c1ccccc1. The molecule has 1 aromatic rings. The van der Waals surface area contributed by atoms with Crippen molar-refractivity contribution in [2.45, 2.75) is 38.6 Å². The zero-order valence-corrected chi connectivity index (χ0v) is 10.8. The number of hydrogen-bond donors (Lipinski definition) is 1. The summed E-state index contributed by atoms with van der Waals surface area (Å²) in [6, 6.07) is 12.5. The van der Waals surface area contributed by atoms with E-state index in [1.165, 1.54) is 5.56 Å². The van der Waals surface area contributed by atoms with Crippen molar-refractivity contribution in [2.24, 2.45) is 5.41 Å². The van der Waals surface area contributed by atoms with Crippen LogP contribution < -0.4 is 5.32 Å². The average molecular weight is 242 g/mol. The van der Waals surface area contributed by atoms with Gasteiger partial charge in [-0.1, -0.05) is 37.3 Å². The minimum atomic E-state index is -0.899. The lowest BCUT2D eigenvalue weighted by Crippen LogP contribution is -2.39. The maximum absolute atomic E-state index is 12.0. The highest BCUT2D eigenvalue weighted by Gasteiger charge is 2.42.